The van der Waals surface area contributed by atoms with E-state index >= 15 is 0 Å². The number of hydrogen-bond donors (Lipinski definition) is 0. The second-order valence-electron chi connectivity index (χ2n) is 2.11. The first-order chi connectivity index (χ1) is 5.91. The van der Waals surface area contributed by atoms with E-state index in [9.17, 15) is 0 Å². The highest BCUT2D eigenvalue weighted by atomic mass is 13.7. The summed E-state index contributed by atoms with van der Waals surface area (Å²) in [5.74, 6) is 0. The lowest BCUT2D eigenvalue weighted by Gasteiger charge is -1.72. The largest absolute Gasteiger partial charge is 0.0877 e. The van der Waals surface area contributed by atoms with Gasteiger partial charge < -0.3 is 0 Å². The van der Waals surface area contributed by atoms with Crippen LogP contribution in [0.1, 0.15) is 6.92 Å². The molecule has 0 aromatic heterocycles. The van der Waals surface area contributed by atoms with Gasteiger partial charge in [-0.1, -0.05) is 60.8 Å². The molecule has 1 radical (unpaired) electrons. The molecule has 0 bridgehead atoms. The predicted octanol–water partition coefficient (Wildman–Crippen LogP) is 3.62. The first-order valence-electron chi connectivity index (χ1n) is 3.99. The second kappa shape index (κ2) is 9.70. The first kappa shape index (κ1) is 10.7. The summed E-state index contributed by atoms with van der Waals surface area (Å²) in [5, 5.41) is 0. The fourth-order valence-corrected chi connectivity index (χ4v) is 0.575. The third-order valence-electron chi connectivity index (χ3n) is 1.11. The van der Waals surface area contributed by atoms with Crippen molar-refractivity contribution in [2.45, 2.75) is 6.92 Å². The van der Waals surface area contributed by atoms with Crippen LogP contribution in [0.4, 0.5) is 0 Å². The molecule has 0 saturated carbocycles. The van der Waals surface area contributed by atoms with Crippen molar-refractivity contribution in [3.63, 3.8) is 0 Å². The monoisotopic (exact) mass is 159 g/mol. The lowest BCUT2D eigenvalue weighted by Crippen LogP contribution is -1.51. The minimum absolute atomic E-state index is 1.75. The zero-order chi connectivity index (χ0) is 9.07. The van der Waals surface area contributed by atoms with Crippen molar-refractivity contribution < 1.29 is 0 Å². The maximum Gasteiger partial charge on any atom is -0.0313 e. The van der Waals surface area contributed by atoms with Crippen molar-refractivity contribution in [2.24, 2.45) is 0 Å². The van der Waals surface area contributed by atoms with E-state index in [1.54, 1.807) is 6.08 Å². The predicted molar refractivity (Wildman–Crippen MR) is 56.7 cm³/mol. The molecule has 0 aromatic rings. The van der Waals surface area contributed by atoms with E-state index in [1.807, 2.05) is 61.6 Å². The molecule has 0 aromatic carbocycles. The van der Waals surface area contributed by atoms with Gasteiger partial charge in [-0.2, -0.15) is 0 Å². The summed E-state index contributed by atoms with van der Waals surface area (Å²) in [5.41, 5.74) is 0. The van der Waals surface area contributed by atoms with Gasteiger partial charge >= 0.3 is 0 Å². The molecule has 0 rings (SSSR count). The van der Waals surface area contributed by atoms with Gasteiger partial charge in [-0.25, -0.2) is 0 Å². The summed E-state index contributed by atoms with van der Waals surface area (Å²) < 4.78 is 0. The summed E-state index contributed by atoms with van der Waals surface area (Å²) in [6, 6.07) is 0. The molecule has 0 aliphatic carbocycles. The molecule has 0 aliphatic rings. The van der Waals surface area contributed by atoms with Crippen LogP contribution < -0.4 is 0 Å². The van der Waals surface area contributed by atoms with Crippen molar-refractivity contribution in [3.8, 4) is 0 Å². The number of hydrogen-bond acceptors (Lipinski definition) is 0. The topological polar surface area (TPSA) is 0 Å². The molecule has 0 atom stereocenters. The zero-order valence-electron chi connectivity index (χ0n) is 7.48. The lowest BCUT2D eigenvalue weighted by atomic mass is 10.4. The number of rotatable bonds is 4. The highest BCUT2D eigenvalue weighted by Crippen LogP contribution is 1.82. The maximum atomic E-state index is 3.56. The Bertz CT molecular complexity index is 188. The Labute approximate surface area is 75.3 Å². The molecule has 0 amide bonds. The quantitative estimate of drug-likeness (QED) is 0.549. The normalized spacial score (nSPS) is 13.8. The molecular formula is C12H15. The average molecular weight is 159 g/mol. The van der Waals surface area contributed by atoms with Crippen LogP contribution in [-0.4, -0.2) is 0 Å². The summed E-state index contributed by atoms with van der Waals surface area (Å²) in [6.45, 7) is 5.56. The van der Waals surface area contributed by atoms with Crippen LogP contribution in [0.25, 0.3) is 0 Å². The summed E-state index contributed by atoms with van der Waals surface area (Å²) >= 11 is 0. The highest BCUT2D eigenvalue weighted by Gasteiger charge is 1.60. The molecule has 0 spiro atoms. The van der Waals surface area contributed by atoms with Crippen LogP contribution >= 0.6 is 0 Å². The van der Waals surface area contributed by atoms with Crippen molar-refractivity contribution in [1.29, 1.82) is 0 Å². The van der Waals surface area contributed by atoms with E-state index in [2.05, 4.69) is 6.92 Å². The van der Waals surface area contributed by atoms with Crippen molar-refractivity contribution in [1.82, 2.24) is 0 Å². The molecule has 0 heteroatoms. The van der Waals surface area contributed by atoms with E-state index in [1.165, 1.54) is 0 Å². The van der Waals surface area contributed by atoms with Crippen LogP contribution in [0.5, 0.6) is 0 Å². The van der Waals surface area contributed by atoms with Crippen LogP contribution in [0, 0.1) is 6.92 Å². The van der Waals surface area contributed by atoms with Crippen molar-refractivity contribution in [2.75, 3.05) is 0 Å². The summed E-state index contributed by atoms with van der Waals surface area (Å²) in [6.07, 6.45) is 19.4. The van der Waals surface area contributed by atoms with Crippen molar-refractivity contribution in [3.05, 3.63) is 67.7 Å². The van der Waals surface area contributed by atoms with Gasteiger partial charge in [0.15, 0.2) is 0 Å². The Morgan fingerprint density at radius 1 is 0.667 bits per heavy atom. The third kappa shape index (κ3) is 8.70. The van der Waals surface area contributed by atoms with Gasteiger partial charge in [0.2, 0.25) is 0 Å². The van der Waals surface area contributed by atoms with Gasteiger partial charge in [0.25, 0.3) is 0 Å². The lowest BCUT2D eigenvalue weighted by molar-refractivity contribution is 1.73. The van der Waals surface area contributed by atoms with Gasteiger partial charge in [0.1, 0.15) is 0 Å². The Balaban J connectivity index is 3.62. The molecular weight excluding hydrogens is 144 g/mol. The zero-order valence-corrected chi connectivity index (χ0v) is 7.48. The van der Waals surface area contributed by atoms with Crippen LogP contribution in [-0.2, 0) is 0 Å². The fraction of sp³-hybridized carbons (Fsp3) is 0.0833. The van der Waals surface area contributed by atoms with E-state index in [0.717, 1.165) is 0 Å². The van der Waals surface area contributed by atoms with Gasteiger partial charge in [0, 0.05) is 0 Å². The Morgan fingerprint density at radius 2 is 1.08 bits per heavy atom. The minimum Gasteiger partial charge on any atom is -0.0877 e. The smallest absolute Gasteiger partial charge is 0.0313 e. The molecule has 0 fully saturated rings. The Morgan fingerprint density at radius 3 is 1.50 bits per heavy atom. The molecule has 12 heavy (non-hydrogen) atoms. The fourth-order valence-electron chi connectivity index (χ4n) is 0.575. The molecule has 0 nitrogen and oxygen atoms in total. The van der Waals surface area contributed by atoms with Gasteiger partial charge in [0.05, 0.1) is 0 Å². The molecule has 0 N–H and O–H groups in total. The third-order valence-corrected chi connectivity index (χ3v) is 1.11. The van der Waals surface area contributed by atoms with Gasteiger partial charge in [-0.3, -0.25) is 0 Å². The molecule has 0 heterocycles. The molecule has 0 saturated heterocycles. The van der Waals surface area contributed by atoms with Gasteiger partial charge in [-0.15, -0.1) is 0 Å². The summed E-state index contributed by atoms with van der Waals surface area (Å²) in [4.78, 5) is 0. The van der Waals surface area contributed by atoms with E-state index in [0.29, 0.717) is 0 Å². The maximum absolute atomic E-state index is 3.56. The van der Waals surface area contributed by atoms with Crippen molar-refractivity contribution >= 4 is 0 Å². The molecule has 0 aliphatic heterocycles. The van der Waals surface area contributed by atoms with E-state index in [4.69, 9.17) is 0 Å². The Hall–Kier alpha value is -1.30. The molecule has 0 unspecified atom stereocenters. The summed E-state index contributed by atoms with van der Waals surface area (Å²) in [7, 11) is 0. The van der Waals surface area contributed by atoms with Gasteiger partial charge in [-0.05, 0) is 13.8 Å². The standard InChI is InChI=1S/C12H15/c1-3-5-7-9-11-12-10-8-6-4-2/h3-12H,1H2,2H3/b5-3+,6-4+,9-7+,10-8+,12-11+. The second-order valence-corrected chi connectivity index (χ2v) is 2.11. The highest BCUT2D eigenvalue weighted by molar-refractivity contribution is 5.17. The SMILES string of the molecule is [CH2]/C=C/C=C/C=C/C=C/C=C/C. The Kier molecular flexibility index (Phi) is 8.65. The van der Waals surface area contributed by atoms with Crippen LogP contribution in [0.2, 0.25) is 0 Å². The minimum atomic E-state index is 1.75. The first-order valence-corrected chi connectivity index (χ1v) is 3.99. The van der Waals surface area contributed by atoms with E-state index in [-0.39, 0.29) is 0 Å². The van der Waals surface area contributed by atoms with E-state index < -0.39 is 0 Å². The van der Waals surface area contributed by atoms with Crippen LogP contribution in [0.15, 0.2) is 60.8 Å². The average Bonchev–Trinajstić information content (AvgIpc) is 2.10. The molecule has 63 valence electrons. The number of allylic oxidation sites excluding steroid dienone is 10. The van der Waals surface area contributed by atoms with Crippen LogP contribution in [0.3, 0.4) is 0 Å².